The van der Waals surface area contributed by atoms with E-state index in [2.05, 4.69) is 0 Å². The van der Waals surface area contributed by atoms with Gasteiger partial charge in [-0.15, -0.1) is 0 Å². The van der Waals surface area contributed by atoms with Crippen LogP contribution in [0.15, 0.2) is 0 Å². The minimum atomic E-state index is -2.44. The van der Waals surface area contributed by atoms with Gasteiger partial charge in [-0.3, -0.25) is 0 Å². The van der Waals surface area contributed by atoms with Gasteiger partial charge in [0.1, 0.15) is 12.2 Å². The van der Waals surface area contributed by atoms with Crippen molar-refractivity contribution in [2.75, 3.05) is 0 Å². The largest absolute Gasteiger partial charge is 4.00 e. The number of nitrogens with zero attached hydrogens (tertiary/aromatic N) is 10. The van der Waals surface area contributed by atoms with E-state index in [0.717, 1.165) is 0 Å². The number of quaternary nitrogens is 2. The maximum absolute atomic E-state index is 9.63. The number of aliphatic hydroxyl groups is 2. The molecule has 0 amide bonds. The molecule has 0 saturated carbocycles. The van der Waals surface area contributed by atoms with Crippen molar-refractivity contribution in [1.82, 2.24) is 12.3 Å². The van der Waals surface area contributed by atoms with Gasteiger partial charge in [0.15, 0.2) is 0 Å². The fourth-order valence-electron chi connectivity index (χ4n) is 0.258. The number of carboxylic acid groups (broad SMARTS) is 2. The third kappa shape index (κ3) is 1630. The fraction of sp³-hybridized carbons (Fsp3) is 0.500. The van der Waals surface area contributed by atoms with E-state index < -0.39 is 75.0 Å². The molecule has 56 heavy (non-hydrogen) atoms. The molecule has 2 atom stereocenters. The number of aliphatic carboxylic acids is 2. The zero-order valence-electron chi connectivity index (χ0n) is 26.4. The smallest absolute Gasteiger partial charge is 0.547 e. The molecule has 48 nitrogen and oxygen atoms in total. The summed E-state index contributed by atoms with van der Waals surface area (Å²) >= 11 is 0. The molecule has 314 valence electrons. The number of hydrogen-bond donors (Lipinski definition) is 4. The molecule has 0 aromatic rings. The molecule has 0 radical (unpaired) electrons. The topological polar surface area (TPSA) is 856 Å². The van der Waals surface area contributed by atoms with Gasteiger partial charge >= 0.3 is 186 Å². The summed E-state index contributed by atoms with van der Waals surface area (Å²) in [6.45, 7) is 0. The predicted molar refractivity (Wildman–Crippen MR) is 138 cm³/mol. The van der Waals surface area contributed by atoms with Crippen LogP contribution < -0.4 is 125 Å². The van der Waals surface area contributed by atoms with Crippen molar-refractivity contribution >= 4 is 11.9 Å². The van der Waals surface area contributed by atoms with E-state index >= 15 is 0 Å². The summed E-state index contributed by atoms with van der Waals surface area (Å²) in [7, 11) is 0. The van der Waals surface area contributed by atoms with Gasteiger partial charge in [-0.05, 0) is 0 Å². The second-order valence-corrected chi connectivity index (χ2v) is 3.76. The van der Waals surface area contributed by atoms with E-state index in [-0.39, 0.29) is 199 Å². The second kappa shape index (κ2) is 88.8. The molecule has 2 unspecified atom stereocenters. The minimum Gasteiger partial charge on any atom is -0.547 e. The molecule has 52 heteroatoms. The summed E-state index contributed by atoms with van der Waals surface area (Å²) in [5.41, 5.74) is 0. The zero-order chi connectivity index (χ0) is 44.1. The summed E-state index contributed by atoms with van der Waals surface area (Å²) < 4.78 is 0. The molecule has 0 aromatic heterocycles. The third-order valence-electron chi connectivity index (χ3n) is 0.782. The van der Waals surface area contributed by atoms with Gasteiger partial charge in [0.2, 0.25) is 0 Å². The van der Waals surface area contributed by atoms with Crippen LogP contribution in [0.2, 0.25) is 0 Å². The van der Waals surface area contributed by atoms with Crippen LogP contribution in [0.25, 0.3) is 0 Å². The Hall–Kier alpha value is -3.19. The minimum absolute atomic E-state index is 0. The van der Waals surface area contributed by atoms with Crippen LogP contribution in [-0.4, -0.2) is 85.2 Å². The van der Waals surface area contributed by atoms with Gasteiger partial charge in [-0.2, -0.15) is 0 Å². The molecule has 10 N–H and O–H groups in total. The standard InChI is InChI=1S/C4H6O6.2Ce.2K.10NO3.2H3N/c5-1(3(7)8)2(6)4(9)10;;;;;10*2-1(3)4;;/h1-2,5-6H,(H,7,8)(H,9,10);;;;;;;;;;;;;;;2*1H3/q;2*+4;2*+1;10*-1;;. The van der Waals surface area contributed by atoms with Crippen LogP contribution in [0.3, 0.4) is 0 Å². The number of carbonyl (C=O) groups is 2. The molecule has 0 bridgehead atoms. The Balaban J connectivity index is -0.0000000201. The number of carbonyl (C=O) groups excluding carboxylic acids is 2. The van der Waals surface area contributed by atoms with Gasteiger partial charge in [0.05, 0.1) is 62.8 Å². The van der Waals surface area contributed by atoms with Gasteiger partial charge < -0.3 is 196 Å². The Morgan fingerprint density at radius 2 is 0.339 bits per heavy atom. The number of aliphatic hydroxyl groups excluding tert-OH is 2. The monoisotopic (exact) mass is 1160 g/mol. The summed E-state index contributed by atoms with van der Waals surface area (Å²) in [4.78, 5) is 102. The average molecular weight is 1160 g/mol. The van der Waals surface area contributed by atoms with E-state index in [1.165, 1.54) is 0 Å². The molecular formula is C4H12Ce2K2N12O36. The first kappa shape index (κ1) is 111. The predicted octanol–water partition coefficient (Wildman–Crippen LogP) is -12.4. The fourth-order valence-corrected chi connectivity index (χ4v) is 0.258. The zero-order valence-corrected chi connectivity index (χ0v) is 38.9. The van der Waals surface area contributed by atoms with Gasteiger partial charge in [0.25, 0.3) is 0 Å². The first-order valence-corrected chi connectivity index (χ1v) is 7.72. The van der Waals surface area contributed by atoms with Gasteiger partial charge in [-0.25, -0.2) is 0 Å². The van der Waals surface area contributed by atoms with E-state index in [0.29, 0.717) is 0 Å². The molecular weight excluding hydrogens is 1150 g/mol. The normalized spacial score (nSPS) is 7.11. The SMILES string of the molecule is O=C([O-])C(O)C(O)C(=O)[O-].O=[N+]([O-])[O-].O=[N+]([O-])[O-].O=[N+]([O-])[O-].O=[N+]([O-])[O-].O=[N+]([O-])[O-].O=[N+]([O-])[O-].O=[N+]([O-])[O-].O=[N+]([O-])[O-].O=[N+]([O-])[O-].O=[N+]([O-])[O-].[Ce+4].[Ce+4].[K+].[K+].[NH4+].[NH4+]. The van der Waals surface area contributed by atoms with Crippen molar-refractivity contribution in [3.05, 3.63) is 153 Å². The van der Waals surface area contributed by atoms with Crippen LogP contribution in [0, 0.1) is 237 Å². The molecule has 0 heterocycles. The van der Waals surface area contributed by atoms with Gasteiger partial charge in [-0.1, -0.05) is 0 Å². The van der Waals surface area contributed by atoms with E-state index in [4.69, 9.17) is 163 Å². The molecule has 0 fully saturated rings. The molecule has 0 saturated heterocycles. The van der Waals surface area contributed by atoms with Crippen molar-refractivity contribution in [3.8, 4) is 0 Å². The van der Waals surface area contributed by atoms with Crippen LogP contribution in [0.5, 0.6) is 0 Å². The molecule has 0 aromatic carbocycles. The van der Waals surface area contributed by atoms with Crippen LogP contribution in [-0.2, 0) is 9.59 Å². The van der Waals surface area contributed by atoms with Crippen molar-refractivity contribution < 1.29 is 267 Å². The van der Waals surface area contributed by atoms with Crippen molar-refractivity contribution in [2.24, 2.45) is 0 Å². The summed E-state index contributed by atoms with van der Waals surface area (Å²) in [5.74, 6) is -4.12. The van der Waals surface area contributed by atoms with E-state index in [9.17, 15) is 19.8 Å². The Kier molecular flexibility index (Phi) is 175. The quantitative estimate of drug-likeness (QED) is 0.116. The number of hydrogen-bond acceptors (Lipinski definition) is 36. The van der Waals surface area contributed by atoms with Crippen molar-refractivity contribution in [2.45, 2.75) is 12.2 Å². The first-order valence-electron chi connectivity index (χ1n) is 7.72. The Morgan fingerprint density at radius 3 is 0.357 bits per heavy atom. The molecule has 0 aliphatic rings. The maximum atomic E-state index is 9.63. The second-order valence-electron chi connectivity index (χ2n) is 3.76. The van der Waals surface area contributed by atoms with E-state index in [1.807, 2.05) is 0 Å². The van der Waals surface area contributed by atoms with Crippen molar-refractivity contribution in [3.63, 3.8) is 0 Å². The molecule has 0 aliphatic heterocycles. The maximum Gasteiger partial charge on any atom is 4.00 e. The first-order chi connectivity index (χ1) is 21.8. The molecule has 0 rings (SSSR count). The summed E-state index contributed by atoms with van der Waals surface area (Å²) in [5, 5.41) is 183. The molecule has 0 spiro atoms. The molecule has 0 aliphatic carbocycles. The summed E-state index contributed by atoms with van der Waals surface area (Å²) in [6, 6.07) is 0. The third-order valence-corrected chi connectivity index (χ3v) is 0.782. The Morgan fingerprint density at radius 1 is 0.304 bits per heavy atom. The Labute approximate surface area is 449 Å². The number of carboxylic acids is 2. The number of rotatable bonds is 3. The van der Waals surface area contributed by atoms with E-state index in [1.54, 1.807) is 0 Å². The Bertz CT molecular complexity index is 759. The summed E-state index contributed by atoms with van der Waals surface area (Å²) in [6.07, 6.45) is -4.88. The average Bonchev–Trinajstić information content (AvgIpc) is 2.74. The van der Waals surface area contributed by atoms with Crippen molar-refractivity contribution in [1.29, 1.82) is 0 Å². The van der Waals surface area contributed by atoms with Crippen LogP contribution >= 0.6 is 0 Å². The van der Waals surface area contributed by atoms with Crippen LogP contribution in [0.1, 0.15) is 0 Å². The van der Waals surface area contributed by atoms with Gasteiger partial charge in [0, 0.05) is 0 Å². The van der Waals surface area contributed by atoms with Crippen LogP contribution in [0.4, 0.5) is 0 Å².